The second-order valence-electron chi connectivity index (χ2n) is 6.10. The van der Waals surface area contributed by atoms with Crippen molar-refractivity contribution in [2.75, 3.05) is 18.0 Å². The number of piperidine rings is 1. The Hall–Kier alpha value is -2.63. The summed E-state index contributed by atoms with van der Waals surface area (Å²) in [6.07, 6.45) is 3.33. The number of ketones is 1. The molecule has 126 valence electrons. The minimum Gasteiger partial charge on any atom is -0.369 e. The molecular weight excluding hydrogens is 309 g/mol. The fourth-order valence-corrected chi connectivity index (χ4v) is 2.99. The van der Waals surface area contributed by atoms with Crippen LogP contribution >= 0.6 is 0 Å². The smallest absolute Gasteiger partial charge is 0.267 e. The van der Waals surface area contributed by atoms with Crippen molar-refractivity contribution < 1.29 is 14.0 Å². The van der Waals surface area contributed by atoms with Crippen LogP contribution in [0, 0.1) is 5.82 Å². The lowest BCUT2D eigenvalue weighted by atomic mass is 10.0. The highest BCUT2D eigenvalue weighted by molar-refractivity contribution is 5.99. The highest BCUT2D eigenvalue weighted by atomic mass is 19.1. The molecule has 1 aliphatic heterocycles. The molecule has 0 radical (unpaired) electrons. The molecule has 0 unspecified atom stereocenters. The van der Waals surface area contributed by atoms with E-state index in [0.29, 0.717) is 17.8 Å². The molecule has 24 heavy (non-hydrogen) atoms. The number of aromatic amines is 1. The Morgan fingerprint density at radius 2 is 2.17 bits per heavy atom. The lowest BCUT2D eigenvalue weighted by Gasteiger charge is -2.34. The summed E-state index contributed by atoms with van der Waals surface area (Å²) >= 11 is 0. The van der Waals surface area contributed by atoms with Crippen molar-refractivity contribution in [3.8, 4) is 0 Å². The Morgan fingerprint density at radius 1 is 1.33 bits per heavy atom. The fraction of sp³-hybridized carbons (Fsp3) is 0.333. The average molecular weight is 329 g/mol. The Kier molecular flexibility index (Phi) is 4.64. The van der Waals surface area contributed by atoms with Crippen LogP contribution in [0.2, 0.25) is 0 Å². The second-order valence-corrected chi connectivity index (χ2v) is 6.10. The standard InChI is InChI=1S/C18H20FN3O2/c1-12(23)13-8-17(20-10-13)18(24)21-15-5-3-7-22(11-15)16-6-2-4-14(19)9-16/h2,4,6,8-10,15,20H,3,5,7,11H2,1H3,(H,21,24)/t15-/m1/s1. The van der Waals surface area contributed by atoms with Gasteiger partial charge < -0.3 is 15.2 Å². The zero-order valence-corrected chi connectivity index (χ0v) is 13.5. The SMILES string of the molecule is CC(=O)c1c[nH]c(C(=O)N[C@@H]2CCCN(c3cccc(F)c3)C2)c1. The number of halogens is 1. The number of Topliss-reactive ketones (excluding diaryl/α,β-unsaturated/α-hetero) is 1. The molecule has 0 saturated carbocycles. The van der Waals surface area contributed by atoms with Gasteiger partial charge in [0.25, 0.3) is 5.91 Å². The first kappa shape index (κ1) is 16.2. The van der Waals surface area contributed by atoms with Crippen LogP contribution in [0.25, 0.3) is 0 Å². The van der Waals surface area contributed by atoms with Crippen molar-refractivity contribution in [1.82, 2.24) is 10.3 Å². The number of carbonyl (C=O) groups is 2. The van der Waals surface area contributed by atoms with Crippen LogP contribution in [-0.2, 0) is 0 Å². The molecule has 2 heterocycles. The Bertz CT molecular complexity index is 756. The molecule has 2 N–H and O–H groups in total. The third-order valence-electron chi connectivity index (χ3n) is 4.26. The first-order valence-electron chi connectivity index (χ1n) is 8.03. The van der Waals surface area contributed by atoms with E-state index in [0.717, 1.165) is 25.1 Å². The molecule has 1 saturated heterocycles. The molecule has 1 aromatic heterocycles. The van der Waals surface area contributed by atoms with Gasteiger partial charge in [-0.3, -0.25) is 9.59 Å². The normalized spacial score (nSPS) is 17.6. The maximum atomic E-state index is 13.4. The molecule has 1 atom stereocenters. The number of aromatic nitrogens is 1. The van der Waals surface area contributed by atoms with Crippen molar-refractivity contribution in [3.05, 3.63) is 53.6 Å². The van der Waals surface area contributed by atoms with Gasteiger partial charge in [0, 0.05) is 36.6 Å². The Morgan fingerprint density at radius 3 is 2.88 bits per heavy atom. The summed E-state index contributed by atoms with van der Waals surface area (Å²) in [6.45, 7) is 2.94. The van der Waals surface area contributed by atoms with E-state index in [1.54, 1.807) is 12.1 Å². The molecule has 0 spiro atoms. The van der Waals surface area contributed by atoms with Gasteiger partial charge in [0.1, 0.15) is 11.5 Å². The van der Waals surface area contributed by atoms with E-state index in [2.05, 4.69) is 15.2 Å². The largest absolute Gasteiger partial charge is 0.369 e. The fourth-order valence-electron chi connectivity index (χ4n) is 2.99. The summed E-state index contributed by atoms with van der Waals surface area (Å²) in [4.78, 5) is 28.5. The summed E-state index contributed by atoms with van der Waals surface area (Å²) in [5.74, 6) is -0.573. The average Bonchev–Trinajstić information content (AvgIpc) is 3.05. The highest BCUT2D eigenvalue weighted by Gasteiger charge is 2.23. The number of rotatable bonds is 4. The predicted molar refractivity (Wildman–Crippen MR) is 89.9 cm³/mol. The molecular formula is C18H20FN3O2. The number of hydrogen-bond donors (Lipinski definition) is 2. The number of anilines is 1. The minimum absolute atomic E-state index is 0.0152. The van der Waals surface area contributed by atoms with E-state index >= 15 is 0 Å². The van der Waals surface area contributed by atoms with Gasteiger partial charge in [-0.2, -0.15) is 0 Å². The van der Waals surface area contributed by atoms with Crippen LogP contribution in [0.3, 0.4) is 0 Å². The van der Waals surface area contributed by atoms with Crippen LogP contribution < -0.4 is 10.2 Å². The van der Waals surface area contributed by atoms with E-state index in [-0.39, 0.29) is 23.5 Å². The summed E-state index contributed by atoms with van der Waals surface area (Å²) < 4.78 is 13.4. The number of H-pyrrole nitrogens is 1. The first-order chi connectivity index (χ1) is 11.5. The van der Waals surface area contributed by atoms with Gasteiger partial charge in [-0.1, -0.05) is 6.07 Å². The summed E-state index contributed by atoms with van der Waals surface area (Å²) in [5.41, 5.74) is 1.70. The van der Waals surface area contributed by atoms with E-state index in [1.807, 2.05) is 6.07 Å². The van der Waals surface area contributed by atoms with Crippen molar-refractivity contribution >= 4 is 17.4 Å². The molecule has 0 bridgehead atoms. The van der Waals surface area contributed by atoms with Crippen LogP contribution in [0.1, 0.15) is 40.6 Å². The van der Waals surface area contributed by atoms with Gasteiger partial charge >= 0.3 is 0 Å². The lowest BCUT2D eigenvalue weighted by Crippen LogP contribution is -2.47. The third-order valence-corrected chi connectivity index (χ3v) is 4.26. The molecule has 1 fully saturated rings. The molecule has 1 aliphatic rings. The van der Waals surface area contributed by atoms with Crippen LogP contribution in [0.4, 0.5) is 10.1 Å². The Balaban J connectivity index is 1.64. The van der Waals surface area contributed by atoms with Crippen LogP contribution in [-0.4, -0.2) is 35.8 Å². The van der Waals surface area contributed by atoms with E-state index in [4.69, 9.17) is 0 Å². The zero-order valence-electron chi connectivity index (χ0n) is 13.5. The number of amides is 1. The second kappa shape index (κ2) is 6.86. The zero-order chi connectivity index (χ0) is 17.1. The minimum atomic E-state index is -0.262. The molecule has 2 aromatic rings. The van der Waals surface area contributed by atoms with Crippen molar-refractivity contribution in [3.63, 3.8) is 0 Å². The van der Waals surface area contributed by atoms with Gasteiger partial charge in [-0.05, 0) is 44.0 Å². The van der Waals surface area contributed by atoms with Crippen LogP contribution in [0.5, 0.6) is 0 Å². The van der Waals surface area contributed by atoms with E-state index < -0.39 is 0 Å². The first-order valence-corrected chi connectivity index (χ1v) is 8.03. The maximum absolute atomic E-state index is 13.4. The van der Waals surface area contributed by atoms with Crippen molar-refractivity contribution in [2.45, 2.75) is 25.8 Å². The molecule has 0 aliphatic carbocycles. The monoisotopic (exact) mass is 329 g/mol. The van der Waals surface area contributed by atoms with E-state index in [1.165, 1.54) is 25.3 Å². The van der Waals surface area contributed by atoms with Crippen molar-refractivity contribution in [1.29, 1.82) is 0 Å². The van der Waals surface area contributed by atoms with Gasteiger partial charge in [0.15, 0.2) is 5.78 Å². The van der Waals surface area contributed by atoms with Crippen molar-refractivity contribution in [2.24, 2.45) is 0 Å². The quantitative estimate of drug-likeness (QED) is 0.848. The van der Waals surface area contributed by atoms with Gasteiger partial charge in [0.05, 0.1) is 0 Å². The van der Waals surface area contributed by atoms with Crippen LogP contribution in [0.15, 0.2) is 36.5 Å². The highest BCUT2D eigenvalue weighted by Crippen LogP contribution is 2.21. The number of nitrogens with one attached hydrogen (secondary N) is 2. The summed E-state index contributed by atoms with van der Waals surface area (Å²) in [6, 6.07) is 8.04. The molecule has 1 aromatic carbocycles. The Labute approximate surface area is 139 Å². The summed E-state index contributed by atoms with van der Waals surface area (Å²) in [5, 5.41) is 2.98. The number of carbonyl (C=O) groups excluding carboxylic acids is 2. The topological polar surface area (TPSA) is 65.2 Å². The number of nitrogens with zero attached hydrogens (tertiary/aromatic N) is 1. The maximum Gasteiger partial charge on any atom is 0.267 e. The molecule has 1 amide bonds. The number of benzene rings is 1. The number of hydrogen-bond acceptors (Lipinski definition) is 3. The van der Waals surface area contributed by atoms with Gasteiger partial charge in [-0.15, -0.1) is 0 Å². The molecule has 6 heteroatoms. The van der Waals surface area contributed by atoms with E-state index in [9.17, 15) is 14.0 Å². The molecule has 3 rings (SSSR count). The third kappa shape index (κ3) is 3.64. The van der Waals surface area contributed by atoms with Gasteiger partial charge in [-0.25, -0.2) is 4.39 Å². The van der Waals surface area contributed by atoms with Gasteiger partial charge in [0.2, 0.25) is 0 Å². The molecule has 5 nitrogen and oxygen atoms in total. The lowest BCUT2D eigenvalue weighted by molar-refractivity contribution is 0.0928. The predicted octanol–water partition coefficient (Wildman–Crippen LogP) is 2.76. The summed E-state index contributed by atoms with van der Waals surface area (Å²) in [7, 11) is 0.